The van der Waals surface area contributed by atoms with E-state index in [1.165, 1.54) is 11.1 Å². The Kier molecular flexibility index (Phi) is 3.09. The first kappa shape index (κ1) is 11.2. The number of nitrogens with two attached hydrogens (primary N) is 1. The Morgan fingerprint density at radius 1 is 1.47 bits per heavy atom. The molecule has 2 heterocycles. The summed E-state index contributed by atoms with van der Waals surface area (Å²) in [5, 5.41) is 0. The average molecular weight is 231 g/mol. The summed E-state index contributed by atoms with van der Waals surface area (Å²) in [5.74, 6) is 0.567. The van der Waals surface area contributed by atoms with Crippen LogP contribution in [0.5, 0.6) is 0 Å². The molecule has 0 aliphatic rings. The third kappa shape index (κ3) is 2.63. The summed E-state index contributed by atoms with van der Waals surface area (Å²) in [6.07, 6.45) is 3.04. The zero-order valence-electron chi connectivity index (χ0n) is 9.46. The van der Waals surface area contributed by atoms with Gasteiger partial charge in [0.15, 0.2) is 0 Å². The van der Waals surface area contributed by atoms with Crippen LogP contribution >= 0.6 is 0 Å². The van der Waals surface area contributed by atoms with Crippen LogP contribution in [-0.4, -0.2) is 22.8 Å². The van der Waals surface area contributed by atoms with Crippen LogP contribution in [0.1, 0.15) is 16.2 Å². The van der Waals surface area contributed by atoms with Gasteiger partial charge in [-0.15, -0.1) is 0 Å². The summed E-state index contributed by atoms with van der Waals surface area (Å²) in [6, 6.07) is 6.87. The van der Waals surface area contributed by atoms with E-state index < -0.39 is 0 Å². The van der Waals surface area contributed by atoms with E-state index in [1.807, 2.05) is 6.07 Å². The Bertz CT molecular complexity index is 491. The number of carbonyl (C=O) groups excluding carboxylic acids is 1. The number of furan rings is 1. The van der Waals surface area contributed by atoms with Crippen LogP contribution in [0, 0.1) is 0 Å². The van der Waals surface area contributed by atoms with E-state index in [9.17, 15) is 4.79 Å². The predicted octanol–water partition coefficient (Wildman–Crippen LogP) is 1.53. The largest absolute Gasteiger partial charge is 0.467 e. The number of nitrogen functional groups attached to an aromatic ring is 1. The average Bonchev–Trinajstić information content (AvgIpc) is 2.82. The smallest absolute Gasteiger partial charge is 0.272 e. The summed E-state index contributed by atoms with van der Waals surface area (Å²) in [7, 11) is 1.70. The molecule has 2 rings (SSSR count). The SMILES string of the molecule is CN(Cc1ccco1)C(=O)c1ccc(N)cn1. The second kappa shape index (κ2) is 4.69. The van der Waals surface area contributed by atoms with Crippen LogP contribution in [0.3, 0.4) is 0 Å². The topological polar surface area (TPSA) is 72.4 Å². The minimum Gasteiger partial charge on any atom is -0.467 e. The quantitative estimate of drug-likeness (QED) is 0.869. The lowest BCUT2D eigenvalue weighted by atomic mass is 10.3. The number of rotatable bonds is 3. The molecular formula is C12H13N3O2. The molecule has 88 valence electrons. The number of aromatic nitrogens is 1. The molecule has 5 heteroatoms. The molecule has 2 aromatic heterocycles. The van der Waals surface area contributed by atoms with Crippen molar-refractivity contribution in [2.75, 3.05) is 12.8 Å². The van der Waals surface area contributed by atoms with Gasteiger partial charge >= 0.3 is 0 Å². The Hall–Kier alpha value is -2.30. The normalized spacial score (nSPS) is 10.2. The Morgan fingerprint density at radius 3 is 2.88 bits per heavy atom. The Morgan fingerprint density at radius 2 is 2.29 bits per heavy atom. The second-order valence-corrected chi connectivity index (χ2v) is 3.72. The molecule has 2 N–H and O–H groups in total. The molecule has 0 saturated heterocycles. The summed E-state index contributed by atoms with van der Waals surface area (Å²) < 4.78 is 5.18. The highest BCUT2D eigenvalue weighted by atomic mass is 16.3. The maximum atomic E-state index is 12.0. The molecule has 0 fully saturated rings. The lowest BCUT2D eigenvalue weighted by Crippen LogP contribution is -2.26. The molecule has 0 aliphatic carbocycles. The number of hydrogen-bond donors (Lipinski definition) is 1. The first-order chi connectivity index (χ1) is 8.16. The molecule has 2 aromatic rings. The van der Waals surface area contributed by atoms with E-state index in [1.54, 1.807) is 31.5 Å². The van der Waals surface area contributed by atoms with Crippen LogP contribution in [0.2, 0.25) is 0 Å². The van der Waals surface area contributed by atoms with Gasteiger partial charge in [-0.25, -0.2) is 4.98 Å². The summed E-state index contributed by atoms with van der Waals surface area (Å²) in [6.45, 7) is 0.415. The van der Waals surface area contributed by atoms with Crippen LogP contribution in [0.4, 0.5) is 5.69 Å². The standard InChI is InChI=1S/C12H13N3O2/c1-15(8-10-3-2-6-17-10)12(16)11-5-4-9(13)7-14-11/h2-7H,8,13H2,1H3. The van der Waals surface area contributed by atoms with Crippen molar-refractivity contribution in [3.63, 3.8) is 0 Å². The third-order valence-electron chi connectivity index (χ3n) is 2.33. The molecule has 0 saturated carbocycles. The number of amides is 1. The molecule has 1 amide bonds. The summed E-state index contributed by atoms with van der Waals surface area (Å²) in [5.41, 5.74) is 6.42. The number of anilines is 1. The van der Waals surface area contributed by atoms with Crippen molar-refractivity contribution in [3.8, 4) is 0 Å². The minimum atomic E-state index is -0.165. The third-order valence-corrected chi connectivity index (χ3v) is 2.33. The molecule has 0 bridgehead atoms. The molecule has 0 radical (unpaired) electrons. The fraction of sp³-hybridized carbons (Fsp3) is 0.167. The lowest BCUT2D eigenvalue weighted by molar-refractivity contribution is 0.0769. The van der Waals surface area contributed by atoms with Crippen LogP contribution in [0.15, 0.2) is 41.1 Å². The highest BCUT2D eigenvalue weighted by molar-refractivity contribution is 5.92. The molecule has 0 spiro atoms. The van der Waals surface area contributed by atoms with Crippen molar-refractivity contribution in [2.24, 2.45) is 0 Å². The fourth-order valence-corrected chi connectivity index (χ4v) is 1.44. The highest BCUT2D eigenvalue weighted by Crippen LogP contribution is 2.08. The van der Waals surface area contributed by atoms with E-state index in [0.717, 1.165) is 5.76 Å². The molecule has 5 nitrogen and oxygen atoms in total. The van der Waals surface area contributed by atoms with Gasteiger partial charge in [0.1, 0.15) is 11.5 Å². The molecule has 0 aromatic carbocycles. The molecule has 0 unspecified atom stereocenters. The molecule has 0 aliphatic heterocycles. The van der Waals surface area contributed by atoms with Gasteiger partial charge in [-0.05, 0) is 24.3 Å². The Balaban J connectivity index is 2.07. The predicted molar refractivity (Wildman–Crippen MR) is 63.2 cm³/mol. The van der Waals surface area contributed by atoms with Crippen LogP contribution < -0.4 is 5.73 Å². The van der Waals surface area contributed by atoms with Crippen LogP contribution in [0.25, 0.3) is 0 Å². The molecule has 0 atom stereocenters. The maximum Gasteiger partial charge on any atom is 0.272 e. The number of hydrogen-bond acceptors (Lipinski definition) is 4. The van der Waals surface area contributed by atoms with Crippen molar-refractivity contribution in [3.05, 3.63) is 48.2 Å². The number of nitrogens with zero attached hydrogens (tertiary/aromatic N) is 2. The van der Waals surface area contributed by atoms with E-state index in [0.29, 0.717) is 17.9 Å². The summed E-state index contributed by atoms with van der Waals surface area (Å²) in [4.78, 5) is 17.5. The van der Waals surface area contributed by atoms with E-state index in [4.69, 9.17) is 10.2 Å². The number of carbonyl (C=O) groups is 1. The van der Waals surface area contributed by atoms with Crippen molar-refractivity contribution in [2.45, 2.75) is 6.54 Å². The molecular weight excluding hydrogens is 218 g/mol. The maximum absolute atomic E-state index is 12.0. The van der Waals surface area contributed by atoms with Gasteiger partial charge in [0.25, 0.3) is 5.91 Å². The summed E-state index contributed by atoms with van der Waals surface area (Å²) >= 11 is 0. The van der Waals surface area contributed by atoms with Crippen LogP contribution in [-0.2, 0) is 6.54 Å². The minimum absolute atomic E-state index is 0.165. The zero-order valence-corrected chi connectivity index (χ0v) is 9.46. The van der Waals surface area contributed by atoms with Gasteiger partial charge in [0, 0.05) is 7.05 Å². The van der Waals surface area contributed by atoms with E-state index >= 15 is 0 Å². The van der Waals surface area contributed by atoms with Crippen molar-refractivity contribution >= 4 is 11.6 Å². The molecule has 17 heavy (non-hydrogen) atoms. The van der Waals surface area contributed by atoms with E-state index in [2.05, 4.69) is 4.98 Å². The van der Waals surface area contributed by atoms with Crippen molar-refractivity contribution in [1.29, 1.82) is 0 Å². The first-order valence-electron chi connectivity index (χ1n) is 5.16. The first-order valence-corrected chi connectivity index (χ1v) is 5.16. The highest BCUT2D eigenvalue weighted by Gasteiger charge is 2.13. The van der Waals surface area contributed by atoms with E-state index in [-0.39, 0.29) is 5.91 Å². The second-order valence-electron chi connectivity index (χ2n) is 3.72. The lowest BCUT2D eigenvalue weighted by Gasteiger charge is -2.14. The number of pyridine rings is 1. The van der Waals surface area contributed by atoms with Gasteiger partial charge in [-0.3, -0.25) is 4.79 Å². The van der Waals surface area contributed by atoms with Crippen molar-refractivity contribution < 1.29 is 9.21 Å². The van der Waals surface area contributed by atoms with Gasteiger partial charge in [-0.1, -0.05) is 0 Å². The van der Waals surface area contributed by atoms with Gasteiger partial charge < -0.3 is 15.1 Å². The van der Waals surface area contributed by atoms with Gasteiger partial charge in [0.2, 0.25) is 0 Å². The van der Waals surface area contributed by atoms with Gasteiger partial charge in [-0.2, -0.15) is 0 Å². The Labute approximate surface area is 98.9 Å². The monoisotopic (exact) mass is 231 g/mol. The van der Waals surface area contributed by atoms with Gasteiger partial charge in [0.05, 0.1) is 24.7 Å². The van der Waals surface area contributed by atoms with Crippen molar-refractivity contribution in [1.82, 2.24) is 9.88 Å². The fourth-order valence-electron chi connectivity index (χ4n) is 1.44. The zero-order chi connectivity index (χ0) is 12.3.